The van der Waals surface area contributed by atoms with Gasteiger partial charge < -0.3 is 4.98 Å². The van der Waals surface area contributed by atoms with E-state index in [9.17, 15) is 0 Å². The Morgan fingerprint density at radius 1 is 1.20 bits per heavy atom. The van der Waals surface area contributed by atoms with Gasteiger partial charge in [-0.15, -0.1) is 11.6 Å². The lowest BCUT2D eigenvalue weighted by Crippen LogP contribution is -1.99. The van der Waals surface area contributed by atoms with E-state index in [4.69, 9.17) is 11.6 Å². The highest BCUT2D eigenvalue weighted by molar-refractivity contribution is 6.17. The second-order valence-corrected chi connectivity index (χ2v) is 4.57. The maximum atomic E-state index is 5.87. The number of alkyl halides is 1. The van der Waals surface area contributed by atoms with Gasteiger partial charge in [0.25, 0.3) is 0 Å². The fourth-order valence-corrected chi connectivity index (χ4v) is 2.70. The molecule has 1 aromatic carbocycles. The number of H-pyrrole nitrogens is 1. The molecule has 1 heterocycles. The van der Waals surface area contributed by atoms with Gasteiger partial charge >= 0.3 is 0 Å². The summed E-state index contributed by atoms with van der Waals surface area (Å²) in [6, 6.07) is 6.51. The van der Waals surface area contributed by atoms with E-state index in [0.29, 0.717) is 5.88 Å². The van der Waals surface area contributed by atoms with E-state index >= 15 is 0 Å². The van der Waals surface area contributed by atoms with Gasteiger partial charge in [-0.1, -0.05) is 6.07 Å². The monoisotopic (exact) mass is 219 g/mol. The van der Waals surface area contributed by atoms with Crippen molar-refractivity contribution >= 4 is 22.5 Å². The SMILES string of the molecule is ClCc1ccc2[nH]c3c(c2c1)CCCC3. The maximum Gasteiger partial charge on any atom is 0.0474 e. The third-order valence-corrected chi connectivity index (χ3v) is 3.63. The molecule has 1 nitrogen and oxygen atoms in total. The largest absolute Gasteiger partial charge is 0.358 e. The normalized spacial score (nSPS) is 15.5. The number of fused-ring (bicyclic) bond motifs is 3. The molecule has 0 fully saturated rings. The van der Waals surface area contributed by atoms with Crippen LogP contribution >= 0.6 is 11.6 Å². The van der Waals surface area contributed by atoms with Gasteiger partial charge in [0.1, 0.15) is 0 Å². The highest BCUT2D eigenvalue weighted by Crippen LogP contribution is 2.29. The number of benzene rings is 1. The van der Waals surface area contributed by atoms with E-state index in [0.717, 1.165) is 0 Å². The van der Waals surface area contributed by atoms with Crippen molar-refractivity contribution in [3.8, 4) is 0 Å². The zero-order chi connectivity index (χ0) is 10.3. The van der Waals surface area contributed by atoms with Gasteiger partial charge in [0, 0.05) is 22.5 Å². The van der Waals surface area contributed by atoms with Crippen molar-refractivity contribution in [3.63, 3.8) is 0 Å². The van der Waals surface area contributed by atoms with Crippen LogP contribution in [-0.2, 0) is 18.7 Å². The molecule has 1 aliphatic carbocycles. The second kappa shape index (κ2) is 3.57. The van der Waals surface area contributed by atoms with Crippen LogP contribution in [0.25, 0.3) is 10.9 Å². The maximum absolute atomic E-state index is 5.87. The summed E-state index contributed by atoms with van der Waals surface area (Å²) >= 11 is 5.87. The van der Waals surface area contributed by atoms with Crippen LogP contribution in [0.2, 0.25) is 0 Å². The number of aromatic amines is 1. The minimum atomic E-state index is 0.607. The van der Waals surface area contributed by atoms with Crippen molar-refractivity contribution in [1.29, 1.82) is 0 Å². The van der Waals surface area contributed by atoms with Crippen LogP contribution in [0.4, 0.5) is 0 Å². The predicted octanol–water partition coefficient (Wildman–Crippen LogP) is 3.79. The van der Waals surface area contributed by atoms with Gasteiger partial charge in [0.15, 0.2) is 0 Å². The summed E-state index contributed by atoms with van der Waals surface area (Å²) in [6.07, 6.45) is 5.08. The Kier molecular flexibility index (Phi) is 2.21. The first kappa shape index (κ1) is 9.29. The molecule has 0 radical (unpaired) electrons. The minimum absolute atomic E-state index is 0.607. The summed E-state index contributed by atoms with van der Waals surface area (Å²) in [7, 11) is 0. The zero-order valence-corrected chi connectivity index (χ0v) is 9.40. The number of rotatable bonds is 1. The molecule has 0 unspecified atom stereocenters. The molecule has 0 aliphatic heterocycles. The number of nitrogens with one attached hydrogen (secondary N) is 1. The molecule has 15 heavy (non-hydrogen) atoms. The smallest absolute Gasteiger partial charge is 0.0474 e. The van der Waals surface area contributed by atoms with Crippen LogP contribution in [-0.4, -0.2) is 4.98 Å². The van der Waals surface area contributed by atoms with Gasteiger partial charge in [-0.3, -0.25) is 0 Å². The molecule has 0 amide bonds. The Labute approximate surface area is 94.4 Å². The first-order chi connectivity index (χ1) is 7.38. The molecule has 0 saturated carbocycles. The Balaban J connectivity index is 2.24. The highest BCUT2D eigenvalue weighted by Gasteiger charge is 2.14. The van der Waals surface area contributed by atoms with Crippen molar-refractivity contribution in [2.24, 2.45) is 0 Å². The van der Waals surface area contributed by atoms with Crippen LogP contribution in [0.15, 0.2) is 18.2 Å². The number of hydrogen-bond acceptors (Lipinski definition) is 0. The lowest BCUT2D eigenvalue weighted by atomic mass is 9.95. The number of aryl methyl sites for hydroxylation is 2. The Morgan fingerprint density at radius 2 is 2.07 bits per heavy atom. The van der Waals surface area contributed by atoms with E-state index in [1.165, 1.54) is 53.4 Å². The molecule has 0 bridgehead atoms. The first-order valence-electron chi connectivity index (χ1n) is 5.57. The molecule has 1 aromatic heterocycles. The number of aromatic nitrogens is 1. The van der Waals surface area contributed by atoms with Gasteiger partial charge in [-0.25, -0.2) is 0 Å². The second-order valence-electron chi connectivity index (χ2n) is 4.30. The molecule has 1 aliphatic rings. The van der Waals surface area contributed by atoms with Crippen molar-refractivity contribution < 1.29 is 0 Å². The molecule has 78 valence electrons. The third kappa shape index (κ3) is 1.46. The van der Waals surface area contributed by atoms with E-state index in [1.807, 2.05) is 0 Å². The number of hydrogen-bond donors (Lipinski definition) is 1. The molecule has 3 rings (SSSR count). The minimum Gasteiger partial charge on any atom is -0.358 e. The van der Waals surface area contributed by atoms with Crippen molar-refractivity contribution in [3.05, 3.63) is 35.0 Å². The first-order valence-corrected chi connectivity index (χ1v) is 6.10. The van der Waals surface area contributed by atoms with E-state index in [1.54, 1.807) is 0 Å². The summed E-state index contributed by atoms with van der Waals surface area (Å²) in [4.78, 5) is 3.52. The van der Waals surface area contributed by atoms with Gasteiger partial charge in [-0.05, 0) is 48.9 Å². The topological polar surface area (TPSA) is 15.8 Å². The molecule has 2 heteroatoms. The Morgan fingerprint density at radius 3 is 2.93 bits per heavy atom. The summed E-state index contributed by atoms with van der Waals surface area (Å²) in [6.45, 7) is 0. The summed E-state index contributed by atoms with van der Waals surface area (Å²) in [5.41, 5.74) is 5.47. The molecule has 0 spiro atoms. The van der Waals surface area contributed by atoms with Crippen molar-refractivity contribution in [1.82, 2.24) is 4.98 Å². The molecule has 1 N–H and O–H groups in total. The average Bonchev–Trinajstić information content (AvgIpc) is 2.66. The van der Waals surface area contributed by atoms with Crippen LogP contribution < -0.4 is 0 Å². The fraction of sp³-hybridized carbons (Fsp3) is 0.385. The molecule has 2 aromatic rings. The standard InChI is InChI=1S/C13H14ClN/c14-8-9-5-6-13-11(7-9)10-3-1-2-4-12(10)15-13/h5-7,15H,1-4,8H2. The van der Waals surface area contributed by atoms with E-state index in [2.05, 4.69) is 23.2 Å². The summed E-state index contributed by atoms with van der Waals surface area (Å²) < 4.78 is 0. The third-order valence-electron chi connectivity index (χ3n) is 3.32. The summed E-state index contributed by atoms with van der Waals surface area (Å²) in [5, 5.41) is 1.39. The van der Waals surface area contributed by atoms with Crippen LogP contribution in [0.3, 0.4) is 0 Å². The van der Waals surface area contributed by atoms with E-state index in [-0.39, 0.29) is 0 Å². The van der Waals surface area contributed by atoms with Crippen LogP contribution in [0.1, 0.15) is 29.7 Å². The lowest BCUT2D eigenvalue weighted by Gasteiger charge is -2.10. The highest BCUT2D eigenvalue weighted by atomic mass is 35.5. The van der Waals surface area contributed by atoms with Gasteiger partial charge in [0.05, 0.1) is 0 Å². The van der Waals surface area contributed by atoms with Gasteiger partial charge in [-0.2, -0.15) is 0 Å². The lowest BCUT2D eigenvalue weighted by molar-refractivity contribution is 0.680. The van der Waals surface area contributed by atoms with E-state index < -0.39 is 0 Å². The van der Waals surface area contributed by atoms with Gasteiger partial charge in [0.2, 0.25) is 0 Å². The molecule has 0 saturated heterocycles. The zero-order valence-electron chi connectivity index (χ0n) is 8.65. The van der Waals surface area contributed by atoms with Crippen LogP contribution in [0, 0.1) is 0 Å². The summed E-state index contributed by atoms with van der Waals surface area (Å²) in [5.74, 6) is 0.607. The Hall–Kier alpha value is -0.950. The Bertz CT molecular complexity index is 498. The molecular weight excluding hydrogens is 206 g/mol. The average molecular weight is 220 g/mol. The van der Waals surface area contributed by atoms with Crippen molar-refractivity contribution in [2.45, 2.75) is 31.6 Å². The quantitative estimate of drug-likeness (QED) is 0.703. The number of halogens is 1. The predicted molar refractivity (Wildman–Crippen MR) is 64.5 cm³/mol. The fourth-order valence-electron chi connectivity index (χ4n) is 2.54. The van der Waals surface area contributed by atoms with Crippen molar-refractivity contribution in [2.75, 3.05) is 0 Å². The molecular formula is C13H14ClN. The molecule has 0 atom stereocenters. The van der Waals surface area contributed by atoms with Crippen LogP contribution in [0.5, 0.6) is 0 Å².